The fraction of sp³-hybridized carbons (Fsp3) is 0.133. The zero-order chi connectivity index (χ0) is 12.0. The summed E-state index contributed by atoms with van der Waals surface area (Å²) in [5, 5.41) is 9.03. The summed E-state index contributed by atoms with van der Waals surface area (Å²) in [4.78, 5) is 11.0. The second-order valence-electron chi connectivity index (χ2n) is 4.42. The maximum absolute atomic E-state index is 11.0. The lowest BCUT2D eigenvalue weighted by Gasteiger charge is -2.05. The molecule has 1 atom stereocenters. The van der Waals surface area contributed by atoms with E-state index in [0.717, 1.165) is 11.1 Å². The van der Waals surface area contributed by atoms with Gasteiger partial charge in [-0.2, -0.15) is 0 Å². The third kappa shape index (κ3) is 1.37. The largest absolute Gasteiger partial charge is 0.478 e. The minimum atomic E-state index is -0.871. The molecule has 0 fully saturated rings. The molecule has 0 radical (unpaired) electrons. The second-order valence-corrected chi connectivity index (χ2v) is 4.42. The van der Waals surface area contributed by atoms with Crippen molar-refractivity contribution in [3.8, 4) is 11.1 Å². The molecule has 0 saturated carbocycles. The maximum atomic E-state index is 11.0. The van der Waals surface area contributed by atoms with Gasteiger partial charge >= 0.3 is 5.97 Å². The summed E-state index contributed by atoms with van der Waals surface area (Å²) in [7, 11) is 0. The summed E-state index contributed by atoms with van der Waals surface area (Å²) in [6, 6.07) is 13.6. The van der Waals surface area contributed by atoms with E-state index in [-0.39, 0.29) is 0 Å². The predicted molar refractivity (Wildman–Crippen MR) is 66.4 cm³/mol. The summed E-state index contributed by atoms with van der Waals surface area (Å²) in [5.41, 5.74) is 5.08. The van der Waals surface area contributed by atoms with E-state index in [4.69, 9.17) is 5.11 Å². The van der Waals surface area contributed by atoms with Gasteiger partial charge in [-0.3, -0.25) is 0 Å². The van der Waals surface area contributed by atoms with Crippen molar-refractivity contribution in [2.24, 2.45) is 0 Å². The molecule has 1 N–H and O–H groups in total. The van der Waals surface area contributed by atoms with Crippen LogP contribution in [0.3, 0.4) is 0 Å². The first-order valence-corrected chi connectivity index (χ1v) is 5.65. The van der Waals surface area contributed by atoms with Crippen LogP contribution in [0.5, 0.6) is 0 Å². The Morgan fingerprint density at radius 2 is 1.76 bits per heavy atom. The van der Waals surface area contributed by atoms with E-state index in [1.165, 1.54) is 11.1 Å². The van der Waals surface area contributed by atoms with E-state index >= 15 is 0 Å². The molecular weight excluding hydrogens is 212 g/mol. The number of benzene rings is 2. The van der Waals surface area contributed by atoms with Crippen LogP contribution in [0.1, 0.15) is 34.3 Å². The molecule has 0 aromatic heterocycles. The fourth-order valence-electron chi connectivity index (χ4n) is 2.59. The molecule has 1 aliphatic carbocycles. The Bertz CT molecular complexity index is 614. The minimum absolute atomic E-state index is 0.351. The average Bonchev–Trinajstić information content (AvgIpc) is 2.64. The molecule has 2 heteroatoms. The quantitative estimate of drug-likeness (QED) is 0.804. The van der Waals surface area contributed by atoms with Gasteiger partial charge in [0.1, 0.15) is 0 Å². The van der Waals surface area contributed by atoms with Gasteiger partial charge in [-0.25, -0.2) is 4.79 Å². The van der Waals surface area contributed by atoms with Crippen LogP contribution in [0.25, 0.3) is 11.1 Å². The highest BCUT2D eigenvalue weighted by Crippen LogP contribution is 2.44. The molecule has 1 unspecified atom stereocenters. The summed E-state index contributed by atoms with van der Waals surface area (Å²) in [6.07, 6.45) is 0. The number of hydrogen-bond acceptors (Lipinski definition) is 1. The van der Waals surface area contributed by atoms with Crippen LogP contribution in [-0.2, 0) is 0 Å². The molecule has 0 aliphatic heterocycles. The third-order valence-corrected chi connectivity index (χ3v) is 3.48. The summed E-state index contributed by atoms with van der Waals surface area (Å²) < 4.78 is 0. The zero-order valence-electron chi connectivity index (χ0n) is 9.47. The molecular formula is C15H12O2. The highest BCUT2D eigenvalue weighted by Gasteiger charge is 2.25. The molecule has 1 aliphatic rings. The van der Waals surface area contributed by atoms with Crippen molar-refractivity contribution in [1.82, 2.24) is 0 Å². The van der Waals surface area contributed by atoms with E-state index in [2.05, 4.69) is 19.1 Å². The van der Waals surface area contributed by atoms with Crippen LogP contribution in [0.2, 0.25) is 0 Å². The lowest BCUT2D eigenvalue weighted by atomic mass is 9.99. The van der Waals surface area contributed by atoms with E-state index < -0.39 is 5.97 Å². The van der Waals surface area contributed by atoms with Gasteiger partial charge in [0.05, 0.1) is 5.56 Å². The maximum Gasteiger partial charge on any atom is 0.335 e. The third-order valence-electron chi connectivity index (χ3n) is 3.48. The Morgan fingerprint density at radius 1 is 1.06 bits per heavy atom. The number of carbonyl (C=O) groups is 1. The van der Waals surface area contributed by atoms with Gasteiger partial charge < -0.3 is 5.11 Å². The lowest BCUT2D eigenvalue weighted by Crippen LogP contribution is -1.97. The van der Waals surface area contributed by atoms with Gasteiger partial charge in [-0.1, -0.05) is 37.3 Å². The minimum Gasteiger partial charge on any atom is -0.478 e. The van der Waals surface area contributed by atoms with Gasteiger partial charge in [-0.15, -0.1) is 0 Å². The average molecular weight is 224 g/mol. The molecule has 2 nitrogen and oxygen atoms in total. The summed E-state index contributed by atoms with van der Waals surface area (Å²) in [5.74, 6) is -0.520. The van der Waals surface area contributed by atoms with Gasteiger partial charge in [0.15, 0.2) is 0 Å². The van der Waals surface area contributed by atoms with Crippen molar-refractivity contribution in [2.45, 2.75) is 12.8 Å². The van der Waals surface area contributed by atoms with Gasteiger partial charge in [0, 0.05) is 5.92 Å². The summed E-state index contributed by atoms with van der Waals surface area (Å²) >= 11 is 0. The van der Waals surface area contributed by atoms with Crippen LogP contribution in [0.4, 0.5) is 0 Å². The normalized spacial score (nSPS) is 16.4. The highest BCUT2D eigenvalue weighted by molar-refractivity contribution is 5.91. The molecule has 2 aromatic rings. The van der Waals surface area contributed by atoms with Crippen LogP contribution in [-0.4, -0.2) is 11.1 Å². The number of aromatic carboxylic acids is 1. The monoisotopic (exact) mass is 224 g/mol. The predicted octanol–water partition coefficient (Wildman–Crippen LogP) is 3.52. The Hall–Kier alpha value is -2.09. The first kappa shape index (κ1) is 10.1. The molecule has 0 saturated heterocycles. The van der Waals surface area contributed by atoms with E-state index in [1.807, 2.05) is 18.2 Å². The Balaban J connectivity index is 2.27. The van der Waals surface area contributed by atoms with Crippen molar-refractivity contribution in [1.29, 1.82) is 0 Å². The first-order valence-electron chi connectivity index (χ1n) is 5.65. The van der Waals surface area contributed by atoms with Crippen molar-refractivity contribution >= 4 is 5.97 Å². The van der Waals surface area contributed by atoms with Crippen molar-refractivity contribution in [2.75, 3.05) is 0 Å². The van der Waals surface area contributed by atoms with E-state index in [0.29, 0.717) is 11.5 Å². The SMILES string of the molecule is CC1c2ccccc2-c2cc(C(=O)O)ccc21. The number of fused-ring (bicyclic) bond motifs is 3. The lowest BCUT2D eigenvalue weighted by molar-refractivity contribution is 0.0697. The van der Waals surface area contributed by atoms with E-state index in [9.17, 15) is 4.79 Å². The van der Waals surface area contributed by atoms with Gasteiger partial charge in [0.25, 0.3) is 0 Å². The first-order chi connectivity index (χ1) is 8.18. The molecule has 0 bridgehead atoms. The molecule has 2 aromatic carbocycles. The van der Waals surface area contributed by atoms with Gasteiger partial charge in [0.2, 0.25) is 0 Å². The molecule has 0 heterocycles. The zero-order valence-corrected chi connectivity index (χ0v) is 9.47. The van der Waals surface area contributed by atoms with Crippen LogP contribution in [0, 0.1) is 0 Å². The fourth-order valence-corrected chi connectivity index (χ4v) is 2.59. The molecule has 84 valence electrons. The van der Waals surface area contributed by atoms with Crippen molar-refractivity contribution in [3.05, 3.63) is 59.2 Å². The smallest absolute Gasteiger partial charge is 0.335 e. The molecule has 3 rings (SSSR count). The molecule has 0 spiro atoms. The van der Waals surface area contributed by atoms with Crippen molar-refractivity contribution < 1.29 is 9.90 Å². The number of rotatable bonds is 1. The number of carboxylic acid groups (broad SMARTS) is 1. The number of carboxylic acids is 1. The second kappa shape index (κ2) is 3.45. The van der Waals surface area contributed by atoms with Crippen molar-refractivity contribution in [3.63, 3.8) is 0 Å². The molecule has 0 amide bonds. The highest BCUT2D eigenvalue weighted by atomic mass is 16.4. The summed E-state index contributed by atoms with van der Waals surface area (Å²) in [6.45, 7) is 2.16. The van der Waals surface area contributed by atoms with E-state index in [1.54, 1.807) is 12.1 Å². The van der Waals surface area contributed by atoms with Gasteiger partial charge in [-0.05, 0) is 34.4 Å². The van der Waals surface area contributed by atoms with Crippen LogP contribution < -0.4 is 0 Å². The topological polar surface area (TPSA) is 37.3 Å². The molecule has 17 heavy (non-hydrogen) atoms. The van der Waals surface area contributed by atoms with Crippen LogP contribution >= 0.6 is 0 Å². The number of hydrogen-bond donors (Lipinski definition) is 1. The van der Waals surface area contributed by atoms with Crippen LogP contribution in [0.15, 0.2) is 42.5 Å². The Kier molecular flexibility index (Phi) is 2.05. The Labute approximate surface area is 99.5 Å². The Morgan fingerprint density at radius 3 is 2.53 bits per heavy atom. The standard InChI is InChI=1S/C15H12O2/c1-9-11-4-2-3-5-13(11)14-8-10(15(16)17)6-7-12(9)14/h2-9H,1H3,(H,16,17).